The van der Waals surface area contributed by atoms with Crippen LogP contribution < -0.4 is 10.1 Å². The number of sulfone groups is 1. The molecule has 1 saturated heterocycles. The van der Waals surface area contributed by atoms with Gasteiger partial charge in [0.15, 0.2) is 12.4 Å². The fourth-order valence-electron chi connectivity index (χ4n) is 3.91. The molecule has 0 aliphatic carbocycles. The highest BCUT2D eigenvalue weighted by atomic mass is 35.5. The van der Waals surface area contributed by atoms with Gasteiger partial charge >= 0.3 is 0 Å². The number of carbonyl (C=O) groups is 3. The normalized spacial score (nSPS) is 14.6. The number of aryl methyl sites for hydroxylation is 1. The highest BCUT2D eigenvalue weighted by Crippen LogP contribution is 2.21. The third-order valence-electron chi connectivity index (χ3n) is 5.98. The van der Waals surface area contributed by atoms with Gasteiger partial charge in [0.25, 0.3) is 17.7 Å². The van der Waals surface area contributed by atoms with Gasteiger partial charge in [-0.05, 0) is 61.0 Å². The van der Waals surface area contributed by atoms with E-state index < -0.39 is 27.0 Å². The number of nitrogens with one attached hydrogen (secondary N) is 1. The molecule has 0 bridgehead atoms. The van der Waals surface area contributed by atoms with Crippen LogP contribution in [0.2, 0.25) is 5.02 Å². The number of hydrogen-bond acceptors (Lipinski definition) is 7. The minimum absolute atomic E-state index is 0.0816. The molecule has 12 heteroatoms. The van der Waals surface area contributed by atoms with E-state index in [1.807, 2.05) is 25.1 Å². The number of rotatable bonds is 8. The van der Waals surface area contributed by atoms with E-state index >= 15 is 0 Å². The van der Waals surface area contributed by atoms with Crippen LogP contribution in [0.5, 0.6) is 5.75 Å². The Morgan fingerprint density at radius 3 is 2.32 bits per heavy atom. The van der Waals surface area contributed by atoms with Gasteiger partial charge in [0.05, 0.1) is 11.2 Å². The highest BCUT2D eigenvalue weighted by Gasteiger charge is 2.40. The van der Waals surface area contributed by atoms with Crippen LogP contribution in [0.4, 0.5) is 0 Å². The molecule has 0 radical (unpaired) electrons. The summed E-state index contributed by atoms with van der Waals surface area (Å²) in [4.78, 5) is 41.4. The lowest BCUT2D eigenvalue weighted by Gasteiger charge is -2.36. The van der Waals surface area contributed by atoms with E-state index in [1.54, 1.807) is 11.0 Å². The smallest absolute Gasteiger partial charge is 0.288 e. The van der Waals surface area contributed by atoms with Crippen molar-refractivity contribution >= 4 is 39.2 Å². The molecule has 4 rings (SSSR count). The molecule has 1 aromatic heterocycles. The maximum atomic E-state index is 13.5. The number of benzene rings is 2. The first-order valence-electron chi connectivity index (χ1n) is 11.7. The van der Waals surface area contributed by atoms with E-state index in [0.717, 1.165) is 5.56 Å². The van der Waals surface area contributed by atoms with Gasteiger partial charge in [0.2, 0.25) is 15.2 Å². The van der Waals surface area contributed by atoms with Crippen LogP contribution in [-0.2, 0) is 19.4 Å². The highest BCUT2D eigenvalue weighted by molar-refractivity contribution is 7.92. The molecule has 38 heavy (non-hydrogen) atoms. The zero-order valence-corrected chi connectivity index (χ0v) is 22.1. The SMILES string of the molecule is Cc1cccc(OCC(=O)N2CCN(C(=O)[C@H](NC(=O)c3ccco3)S(=O)(=O)c3ccc(Cl)cc3)CC2)c1. The largest absolute Gasteiger partial charge is 0.484 e. The minimum atomic E-state index is -4.35. The number of furan rings is 1. The van der Waals surface area contributed by atoms with Gasteiger partial charge in [-0.1, -0.05) is 23.7 Å². The van der Waals surface area contributed by atoms with Crippen molar-refractivity contribution in [2.45, 2.75) is 17.2 Å². The first kappa shape index (κ1) is 27.2. The standard InChI is InChI=1S/C26H26ClN3O7S/c1-18-4-2-5-20(16-18)37-17-23(31)29-11-13-30(14-12-29)26(33)25(28-24(32)22-6-3-15-36-22)38(34,35)21-9-7-19(27)8-10-21/h2-10,15-16,25H,11-14,17H2,1H3,(H,28,32)/t25-/m1/s1. The molecular formula is C26H26ClN3O7S. The number of halogens is 1. The molecule has 1 aliphatic rings. The summed E-state index contributed by atoms with van der Waals surface area (Å²) < 4.78 is 37.5. The summed E-state index contributed by atoms with van der Waals surface area (Å²) in [7, 11) is -4.35. The molecule has 1 fully saturated rings. The zero-order valence-electron chi connectivity index (χ0n) is 20.5. The van der Waals surface area contributed by atoms with E-state index in [4.69, 9.17) is 20.8 Å². The van der Waals surface area contributed by atoms with Crippen LogP contribution in [0.25, 0.3) is 0 Å². The van der Waals surface area contributed by atoms with Gasteiger partial charge in [0.1, 0.15) is 5.75 Å². The second kappa shape index (κ2) is 11.7. The van der Waals surface area contributed by atoms with Gasteiger partial charge in [0, 0.05) is 31.2 Å². The lowest BCUT2D eigenvalue weighted by atomic mass is 10.2. The number of hydrogen-bond donors (Lipinski definition) is 1. The Kier molecular flexibility index (Phi) is 8.38. The van der Waals surface area contributed by atoms with E-state index in [0.29, 0.717) is 10.8 Å². The Labute approximate surface area is 225 Å². The Morgan fingerprint density at radius 2 is 1.68 bits per heavy atom. The molecule has 3 aromatic rings. The van der Waals surface area contributed by atoms with Crippen molar-refractivity contribution in [3.63, 3.8) is 0 Å². The molecule has 1 N–H and O–H groups in total. The van der Waals surface area contributed by atoms with Crippen molar-refractivity contribution < 1.29 is 32.0 Å². The Balaban J connectivity index is 1.44. The predicted molar refractivity (Wildman–Crippen MR) is 138 cm³/mol. The van der Waals surface area contributed by atoms with Crippen molar-refractivity contribution in [2.24, 2.45) is 0 Å². The summed E-state index contributed by atoms with van der Waals surface area (Å²) in [6, 6.07) is 15.5. The molecule has 2 heterocycles. The third-order valence-corrected chi connectivity index (χ3v) is 8.10. The molecular weight excluding hydrogens is 534 g/mol. The third kappa shape index (κ3) is 6.35. The van der Waals surface area contributed by atoms with Gasteiger partial charge in [-0.15, -0.1) is 0 Å². The van der Waals surface area contributed by atoms with Crippen molar-refractivity contribution in [1.82, 2.24) is 15.1 Å². The van der Waals surface area contributed by atoms with Crippen molar-refractivity contribution in [1.29, 1.82) is 0 Å². The quantitative estimate of drug-likeness (QED) is 0.449. The first-order chi connectivity index (χ1) is 18.1. The summed E-state index contributed by atoms with van der Waals surface area (Å²) in [5.41, 5.74) is 1.00. The first-order valence-corrected chi connectivity index (χ1v) is 13.7. The van der Waals surface area contributed by atoms with Crippen molar-refractivity contribution in [2.75, 3.05) is 32.8 Å². The fraction of sp³-hybridized carbons (Fsp3) is 0.269. The lowest BCUT2D eigenvalue weighted by molar-refractivity contribution is -0.140. The van der Waals surface area contributed by atoms with Gasteiger partial charge in [-0.2, -0.15) is 0 Å². The molecule has 10 nitrogen and oxygen atoms in total. The topological polar surface area (TPSA) is 126 Å². The Hall–Kier alpha value is -3.83. The molecule has 200 valence electrons. The molecule has 2 aromatic carbocycles. The summed E-state index contributed by atoms with van der Waals surface area (Å²) in [6.45, 7) is 2.28. The molecule has 0 saturated carbocycles. The second-order valence-corrected chi connectivity index (χ2v) is 11.1. The fourth-order valence-corrected chi connectivity index (χ4v) is 5.50. The molecule has 3 amide bonds. The van der Waals surface area contributed by atoms with Gasteiger partial charge < -0.3 is 24.3 Å². The van der Waals surface area contributed by atoms with Crippen LogP contribution >= 0.6 is 11.6 Å². The average molecular weight is 560 g/mol. The van der Waals surface area contributed by atoms with Crippen LogP contribution in [-0.4, -0.2) is 74.1 Å². The van der Waals surface area contributed by atoms with Crippen molar-refractivity contribution in [3.05, 3.63) is 83.3 Å². The van der Waals surface area contributed by atoms with E-state index in [2.05, 4.69) is 5.32 Å². The van der Waals surface area contributed by atoms with Crippen LogP contribution in [0.3, 0.4) is 0 Å². The molecule has 0 spiro atoms. The molecule has 1 atom stereocenters. The van der Waals surface area contributed by atoms with Crippen LogP contribution in [0.15, 0.2) is 76.2 Å². The number of piperazine rings is 1. The van der Waals surface area contributed by atoms with E-state index in [1.165, 1.54) is 47.6 Å². The van der Waals surface area contributed by atoms with Gasteiger partial charge in [-0.3, -0.25) is 14.4 Å². The van der Waals surface area contributed by atoms with Gasteiger partial charge in [-0.25, -0.2) is 8.42 Å². The van der Waals surface area contributed by atoms with E-state index in [9.17, 15) is 22.8 Å². The second-order valence-electron chi connectivity index (χ2n) is 8.64. The Morgan fingerprint density at radius 1 is 1.00 bits per heavy atom. The Bertz CT molecular complexity index is 1400. The summed E-state index contributed by atoms with van der Waals surface area (Å²) in [6.07, 6.45) is 1.26. The maximum absolute atomic E-state index is 13.5. The van der Waals surface area contributed by atoms with Crippen LogP contribution in [0, 0.1) is 6.92 Å². The lowest BCUT2D eigenvalue weighted by Crippen LogP contribution is -2.58. The molecule has 1 aliphatic heterocycles. The molecule has 0 unspecified atom stereocenters. The number of nitrogens with zero attached hydrogens (tertiary/aromatic N) is 2. The van der Waals surface area contributed by atoms with Crippen LogP contribution in [0.1, 0.15) is 16.1 Å². The zero-order chi connectivity index (χ0) is 27.3. The number of ether oxygens (including phenoxy) is 1. The average Bonchev–Trinajstić information content (AvgIpc) is 3.45. The maximum Gasteiger partial charge on any atom is 0.288 e. The number of carbonyl (C=O) groups excluding carboxylic acids is 3. The minimum Gasteiger partial charge on any atom is -0.484 e. The summed E-state index contributed by atoms with van der Waals surface area (Å²) >= 11 is 5.89. The summed E-state index contributed by atoms with van der Waals surface area (Å²) in [5, 5.41) is 0.711. The predicted octanol–water partition coefficient (Wildman–Crippen LogP) is 2.52. The summed E-state index contributed by atoms with van der Waals surface area (Å²) in [5.74, 6) is -1.49. The van der Waals surface area contributed by atoms with Crippen molar-refractivity contribution in [3.8, 4) is 5.75 Å². The van der Waals surface area contributed by atoms with E-state index in [-0.39, 0.29) is 49.3 Å². The number of amides is 3. The monoisotopic (exact) mass is 559 g/mol.